The number of hydrogen-bond acceptors (Lipinski definition) is 11. The Morgan fingerprint density at radius 3 is 1.22 bits per heavy atom. The van der Waals surface area contributed by atoms with Crippen molar-refractivity contribution in [3.8, 4) is 11.5 Å². The lowest BCUT2D eigenvalue weighted by Crippen LogP contribution is -2.12. The summed E-state index contributed by atoms with van der Waals surface area (Å²) >= 11 is 0. The van der Waals surface area contributed by atoms with Crippen molar-refractivity contribution in [3.05, 3.63) is 59.7 Å². The Bertz CT molecular complexity index is 1250. The third kappa shape index (κ3) is 16.8. The van der Waals surface area contributed by atoms with Crippen LogP contribution in [0.3, 0.4) is 0 Å². The summed E-state index contributed by atoms with van der Waals surface area (Å²) in [7, 11) is 0. The molecule has 0 aliphatic heterocycles. The highest BCUT2D eigenvalue weighted by Crippen LogP contribution is 2.16. The Balaban J connectivity index is 1.49. The average molecular weight is 627 g/mol. The van der Waals surface area contributed by atoms with Crippen LogP contribution in [0.1, 0.15) is 112 Å². The van der Waals surface area contributed by atoms with Gasteiger partial charge < -0.3 is 23.7 Å². The van der Waals surface area contributed by atoms with Crippen LogP contribution in [0.5, 0.6) is 11.5 Å². The lowest BCUT2D eigenvalue weighted by atomic mass is 10.1. The van der Waals surface area contributed by atoms with Crippen LogP contribution in [0.25, 0.3) is 0 Å². The summed E-state index contributed by atoms with van der Waals surface area (Å²) in [5.74, 6) is -2.47. The molecule has 0 unspecified atom stereocenters. The molecule has 11 heteroatoms. The highest BCUT2D eigenvalue weighted by atomic mass is 16.6. The number of carbonyl (C=O) groups excluding carboxylic acids is 6. The summed E-state index contributed by atoms with van der Waals surface area (Å²) in [4.78, 5) is 68.8. The normalized spacial score (nSPS) is 10.4. The van der Waals surface area contributed by atoms with E-state index < -0.39 is 35.8 Å². The SMILES string of the molecule is CC(=O)OC(=O)CCCCCCCCC(=O)OC(=O)c1ccc(OCCCCCCOc2ccc(C(=O)OC(C)=O)cc2)cc1. The molecule has 11 nitrogen and oxygen atoms in total. The van der Waals surface area contributed by atoms with E-state index in [0.717, 1.165) is 51.4 Å². The molecule has 0 aliphatic rings. The molecule has 45 heavy (non-hydrogen) atoms. The molecule has 0 saturated heterocycles. The molecule has 0 saturated carbocycles. The van der Waals surface area contributed by atoms with E-state index in [0.29, 0.717) is 37.6 Å². The fourth-order valence-corrected chi connectivity index (χ4v) is 4.17. The van der Waals surface area contributed by atoms with Crippen molar-refractivity contribution < 1.29 is 52.5 Å². The van der Waals surface area contributed by atoms with E-state index in [2.05, 4.69) is 9.47 Å². The van der Waals surface area contributed by atoms with Crippen molar-refractivity contribution in [1.82, 2.24) is 0 Å². The second-order valence-electron chi connectivity index (χ2n) is 10.4. The van der Waals surface area contributed by atoms with Gasteiger partial charge in [0.1, 0.15) is 11.5 Å². The van der Waals surface area contributed by atoms with E-state index in [1.165, 1.54) is 13.8 Å². The van der Waals surface area contributed by atoms with Gasteiger partial charge in [-0.15, -0.1) is 0 Å². The maximum absolute atomic E-state index is 12.3. The van der Waals surface area contributed by atoms with Gasteiger partial charge in [0.2, 0.25) is 0 Å². The van der Waals surface area contributed by atoms with Crippen molar-refractivity contribution in [3.63, 3.8) is 0 Å². The van der Waals surface area contributed by atoms with Gasteiger partial charge in [-0.05, 0) is 87.1 Å². The molecule has 2 rings (SSSR count). The van der Waals surface area contributed by atoms with Crippen LogP contribution in [0, 0.1) is 0 Å². The van der Waals surface area contributed by atoms with Gasteiger partial charge in [0.05, 0.1) is 24.3 Å². The van der Waals surface area contributed by atoms with Crippen LogP contribution in [-0.4, -0.2) is 49.0 Å². The Labute approximate surface area is 263 Å². The van der Waals surface area contributed by atoms with Gasteiger partial charge >= 0.3 is 35.8 Å². The van der Waals surface area contributed by atoms with Gasteiger partial charge in [-0.25, -0.2) is 9.59 Å². The minimum Gasteiger partial charge on any atom is -0.494 e. The van der Waals surface area contributed by atoms with Gasteiger partial charge in [-0.2, -0.15) is 0 Å². The first kappa shape index (κ1) is 36.7. The van der Waals surface area contributed by atoms with Crippen LogP contribution < -0.4 is 9.47 Å². The van der Waals surface area contributed by atoms with Gasteiger partial charge in [0, 0.05) is 26.7 Å². The number of esters is 6. The maximum Gasteiger partial charge on any atom is 0.345 e. The number of rotatable bonds is 20. The summed E-state index contributed by atoms with van der Waals surface area (Å²) in [6, 6.07) is 12.9. The Morgan fingerprint density at radius 1 is 0.444 bits per heavy atom. The van der Waals surface area contributed by atoms with Crippen LogP contribution in [0.4, 0.5) is 0 Å². The monoisotopic (exact) mass is 626 g/mol. The topological polar surface area (TPSA) is 149 Å². The highest BCUT2D eigenvalue weighted by Gasteiger charge is 2.13. The van der Waals surface area contributed by atoms with Crippen molar-refractivity contribution >= 4 is 35.8 Å². The quantitative estimate of drug-likeness (QED) is 0.0705. The van der Waals surface area contributed by atoms with E-state index in [4.69, 9.17) is 14.2 Å². The van der Waals surface area contributed by atoms with Crippen LogP contribution in [0.15, 0.2) is 48.5 Å². The minimum atomic E-state index is -0.697. The predicted molar refractivity (Wildman–Crippen MR) is 163 cm³/mol. The van der Waals surface area contributed by atoms with E-state index >= 15 is 0 Å². The third-order valence-electron chi connectivity index (χ3n) is 6.47. The number of unbranched alkanes of at least 4 members (excludes halogenated alkanes) is 8. The lowest BCUT2D eigenvalue weighted by Gasteiger charge is -2.08. The second-order valence-corrected chi connectivity index (χ2v) is 10.4. The summed E-state index contributed by atoms with van der Waals surface area (Å²) < 4.78 is 25.4. The molecule has 0 atom stereocenters. The molecule has 0 aromatic heterocycles. The smallest absolute Gasteiger partial charge is 0.345 e. The molecule has 0 bridgehead atoms. The molecule has 2 aromatic carbocycles. The summed E-state index contributed by atoms with van der Waals surface area (Å²) in [5, 5.41) is 0. The molecule has 0 amide bonds. The lowest BCUT2D eigenvalue weighted by molar-refractivity contribution is -0.158. The zero-order valence-corrected chi connectivity index (χ0v) is 26.0. The van der Waals surface area contributed by atoms with Crippen molar-refractivity contribution in [2.75, 3.05) is 13.2 Å². The van der Waals surface area contributed by atoms with Gasteiger partial charge in [0.25, 0.3) is 0 Å². The van der Waals surface area contributed by atoms with Crippen LogP contribution in [0.2, 0.25) is 0 Å². The van der Waals surface area contributed by atoms with E-state index in [1.807, 2.05) is 0 Å². The second kappa shape index (κ2) is 21.2. The first-order valence-corrected chi connectivity index (χ1v) is 15.3. The van der Waals surface area contributed by atoms with Crippen LogP contribution in [-0.2, 0) is 33.4 Å². The fraction of sp³-hybridized carbons (Fsp3) is 0.471. The third-order valence-corrected chi connectivity index (χ3v) is 6.47. The molecule has 2 aromatic rings. The van der Waals surface area contributed by atoms with Crippen molar-refractivity contribution in [2.45, 2.75) is 90.9 Å². The maximum atomic E-state index is 12.3. The van der Waals surface area contributed by atoms with Gasteiger partial charge in [0.15, 0.2) is 0 Å². The van der Waals surface area contributed by atoms with Crippen molar-refractivity contribution in [2.24, 2.45) is 0 Å². The number of hydrogen-bond donors (Lipinski definition) is 0. The van der Waals surface area contributed by atoms with Gasteiger partial charge in [-0.1, -0.05) is 25.7 Å². The zero-order chi connectivity index (χ0) is 32.9. The number of carbonyl (C=O) groups is 6. The fourth-order valence-electron chi connectivity index (χ4n) is 4.17. The number of benzene rings is 2. The van der Waals surface area contributed by atoms with Gasteiger partial charge in [-0.3, -0.25) is 19.2 Å². The van der Waals surface area contributed by atoms with E-state index in [9.17, 15) is 28.8 Å². The van der Waals surface area contributed by atoms with E-state index in [-0.39, 0.29) is 24.0 Å². The zero-order valence-electron chi connectivity index (χ0n) is 26.0. The highest BCUT2D eigenvalue weighted by molar-refractivity contribution is 5.97. The van der Waals surface area contributed by atoms with E-state index in [1.54, 1.807) is 48.5 Å². The molecular weight excluding hydrogens is 584 g/mol. The summed E-state index contributed by atoms with van der Waals surface area (Å²) in [6.45, 7) is 3.42. The molecule has 244 valence electrons. The molecular formula is C34H42O11. The molecule has 0 spiro atoms. The summed E-state index contributed by atoms with van der Waals surface area (Å²) in [6.07, 6.45) is 8.65. The van der Waals surface area contributed by atoms with Crippen LogP contribution >= 0.6 is 0 Å². The first-order chi connectivity index (χ1) is 21.6. The minimum absolute atomic E-state index is 0.151. The molecule has 0 N–H and O–H groups in total. The Hall–Kier alpha value is -4.54. The number of ether oxygens (including phenoxy) is 5. The standard InChI is InChI=1S/C34H42O11/c1-25(35)43-31(37)13-9-5-3-4-6-10-14-32(38)45-34(40)28-17-21-30(22-18-28)42-24-12-8-7-11-23-41-29-19-15-27(16-20-29)33(39)44-26(2)36/h15-22H,3-14,23-24H2,1-2H3. The first-order valence-electron chi connectivity index (χ1n) is 15.3. The molecule has 0 radical (unpaired) electrons. The summed E-state index contributed by atoms with van der Waals surface area (Å²) in [5.41, 5.74) is 0.547. The average Bonchev–Trinajstić information content (AvgIpc) is 2.99. The predicted octanol–water partition coefficient (Wildman–Crippen LogP) is 6.30. The Kier molecular flexibility index (Phi) is 17.3. The van der Waals surface area contributed by atoms with Crippen molar-refractivity contribution in [1.29, 1.82) is 0 Å². The molecule has 0 fully saturated rings. The Morgan fingerprint density at radius 2 is 0.800 bits per heavy atom. The molecule has 0 aliphatic carbocycles. The largest absolute Gasteiger partial charge is 0.494 e. The molecule has 0 heterocycles.